The van der Waals surface area contributed by atoms with Gasteiger partial charge in [0, 0.05) is 0 Å². The van der Waals surface area contributed by atoms with Crippen LogP contribution in [0.5, 0.6) is 0 Å². The Morgan fingerprint density at radius 3 is 0.864 bits per heavy atom. The summed E-state index contributed by atoms with van der Waals surface area (Å²) in [5, 5.41) is 0. The third-order valence-corrected chi connectivity index (χ3v) is 19.1. The predicted octanol–water partition coefficient (Wildman–Crippen LogP) is 6.04. The molecule has 0 aromatic heterocycles. The van der Waals surface area contributed by atoms with Crippen molar-refractivity contribution >= 4 is 33.9 Å². The maximum atomic E-state index is 4.03. The molecule has 116 valence electrons. The molecule has 0 aliphatic heterocycles. The van der Waals surface area contributed by atoms with E-state index in [1.54, 1.807) is 0 Å². The first kappa shape index (κ1) is 21.5. The molecule has 0 aliphatic carbocycles. The van der Waals surface area contributed by atoms with Crippen molar-refractivity contribution in [1.29, 1.82) is 0 Å². The van der Waals surface area contributed by atoms with Gasteiger partial charge in [-0.05, 0) is 0 Å². The zero-order chi connectivity index (χ0) is 17.1. The van der Waals surface area contributed by atoms with Crippen molar-refractivity contribution < 1.29 is 0 Å². The standard InChI is InChI=1S/C19H31Si2.Li/c1-7-13-20(14-8-2,15-9-3)19-21(16-10-4,17-11-5)18-12-6;/h7-12,19H,1-6,13-18H2;. The fraction of sp³-hybridized carbons (Fsp3) is 0.368. The Morgan fingerprint density at radius 1 is 0.545 bits per heavy atom. The Hall–Kier alpha value is -0.529. The Balaban J connectivity index is 5.97. The predicted molar refractivity (Wildman–Crippen MR) is 111 cm³/mol. The van der Waals surface area contributed by atoms with Crippen LogP contribution in [0, 0.1) is 0 Å². The van der Waals surface area contributed by atoms with Crippen LogP contribution in [-0.4, -0.2) is 33.9 Å². The van der Waals surface area contributed by atoms with Crippen LogP contribution in [0.25, 0.3) is 0 Å². The van der Waals surface area contributed by atoms with Crippen LogP contribution in [-0.2, 0) is 0 Å². The van der Waals surface area contributed by atoms with Crippen LogP contribution < -0.4 is 0 Å². The van der Waals surface area contributed by atoms with Crippen molar-refractivity contribution in [3.8, 4) is 0 Å². The molecule has 22 heavy (non-hydrogen) atoms. The average molecular weight is 323 g/mol. The van der Waals surface area contributed by atoms with Crippen molar-refractivity contribution in [2.24, 2.45) is 0 Å². The maximum absolute atomic E-state index is 4.03. The van der Waals surface area contributed by atoms with Gasteiger partial charge in [0.05, 0.1) is 0 Å². The summed E-state index contributed by atoms with van der Waals surface area (Å²) in [6.07, 6.45) is 12.7. The van der Waals surface area contributed by atoms with Gasteiger partial charge in [-0.1, -0.05) is 0 Å². The zero-order valence-corrected chi connectivity index (χ0v) is 16.5. The van der Waals surface area contributed by atoms with E-state index in [0.717, 1.165) is 40.1 Å². The first-order valence-corrected chi connectivity index (χ1v) is 13.6. The number of hydrogen-bond donors (Lipinski definition) is 0. The van der Waals surface area contributed by atoms with Crippen molar-refractivity contribution in [3.63, 3.8) is 0 Å². The SMILES string of the molecule is [Li][CH]([Si](CC=C)(CC=C)CC=C)[Si](CC=C)(CC=C)CC=C. The molecule has 0 aromatic rings. The molecule has 0 aliphatic rings. The summed E-state index contributed by atoms with van der Waals surface area (Å²) in [7, 11) is -3.16. The minimum atomic E-state index is -1.58. The van der Waals surface area contributed by atoms with Gasteiger partial charge in [0.1, 0.15) is 0 Å². The minimum absolute atomic E-state index is 0.725. The molecule has 0 fully saturated rings. The van der Waals surface area contributed by atoms with Gasteiger partial charge in [-0.25, -0.2) is 0 Å². The number of hydrogen-bond acceptors (Lipinski definition) is 0. The normalized spacial score (nSPS) is 11.8. The van der Waals surface area contributed by atoms with Gasteiger partial charge in [-0.3, -0.25) is 0 Å². The molecule has 0 rings (SSSR count). The summed E-state index contributed by atoms with van der Waals surface area (Å²) in [4.78, 5) is 0. The second kappa shape index (κ2) is 11.1. The summed E-state index contributed by atoms with van der Waals surface area (Å²) < 4.78 is 0.725. The topological polar surface area (TPSA) is 0 Å². The van der Waals surface area contributed by atoms with Crippen molar-refractivity contribution in [2.75, 3.05) is 0 Å². The Kier molecular flexibility index (Phi) is 10.8. The molecule has 0 atom stereocenters. The van der Waals surface area contributed by atoms with Gasteiger partial charge in [-0.2, -0.15) is 0 Å². The van der Waals surface area contributed by atoms with Gasteiger partial charge in [0.25, 0.3) is 0 Å². The van der Waals surface area contributed by atoms with E-state index in [0.29, 0.717) is 0 Å². The van der Waals surface area contributed by atoms with Gasteiger partial charge in [-0.15, -0.1) is 0 Å². The number of rotatable bonds is 14. The Bertz CT molecular complexity index is 321. The third kappa shape index (κ3) is 5.28. The van der Waals surface area contributed by atoms with E-state index in [1.807, 2.05) is 0 Å². The van der Waals surface area contributed by atoms with Crippen molar-refractivity contribution in [2.45, 2.75) is 40.1 Å². The zero-order valence-electron chi connectivity index (χ0n) is 14.5. The third-order valence-electron chi connectivity index (χ3n) is 5.14. The molecule has 0 radical (unpaired) electrons. The Morgan fingerprint density at radius 2 is 0.727 bits per heavy atom. The molecule has 0 heterocycles. The number of allylic oxidation sites excluding steroid dienone is 6. The molecule has 0 saturated heterocycles. The van der Waals surface area contributed by atoms with Crippen LogP contribution in [0.4, 0.5) is 0 Å². The van der Waals surface area contributed by atoms with E-state index >= 15 is 0 Å². The molecule has 0 amide bonds. The fourth-order valence-electron chi connectivity index (χ4n) is 3.93. The van der Waals surface area contributed by atoms with E-state index in [4.69, 9.17) is 0 Å². The molecule has 0 bridgehead atoms. The van der Waals surface area contributed by atoms with E-state index in [9.17, 15) is 0 Å². The summed E-state index contributed by atoms with van der Waals surface area (Å²) >= 11 is 2.48. The summed E-state index contributed by atoms with van der Waals surface area (Å²) in [6, 6.07) is 6.79. The molecule has 0 unspecified atom stereocenters. The van der Waals surface area contributed by atoms with Crippen LogP contribution >= 0.6 is 0 Å². The van der Waals surface area contributed by atoms with Crippen LogP contribution in [0.3, 0.4) is 0 Å². The molecule has 0 spiro atoms. The van der Waals surface area contributed by atoms with Crippen LogP contribution in [0.1, 0.15) is 0 Å². The molecule has 0 N–H and O–H groups in total. The molecule has 0 aromatic carbocycles. The second-order valence-electron chi connectivity index (χ2n) is 6.40. The van der Waals surface area contributed by atoms with E-state index in [-0.39, 0.29) is 0 Å². The fourth-order valence-corrected chi connectivity index (χ4v) is 17.8. The first-order chi connectivity index (χ1) is 10.5. The van der Waals surface area contributed by atoms with Gasteiger partial charge in [0.2, 0.25) is 0 Å². The molecule has 0 nitrogen and oxygen atoms in total. The van der Waals surface area contributed by atoms with E-state index in [1.165, 1.54) is 0 Å². The Labute approximate surface area is 149 Å². The van der Waals surface area contributed by atoms with Crippen LogP contribution in [0.15, 0.2) is 75.9 Å². The van der Waals surface area contributed by atoms with E-state index in [2.05, 4.69) is 93.6 Å². The molecular formula is C19H31LiSi2. The quantitative estimate of drug-likeness (QED) is 0.270. The van der Waals surface area contributed by atoms with Gasteiger partial charge in [0.15, 0.2) is 0 Å². The second-order valence-corrected chi connectivity index (χ2v) is 16.6. The van der Waals surface area contributed by atoms with Crippen LogP contribution in [0.2, 0.25) is 40.1 Å². The van der Waals surface area contributed by atoms with Crippen molar-refractivity contribution in [3.05, 3.63) is 75.9 Å². The molecule has 3 heteroatoms. The van der Waals surface area contributed by atoms with Gasteiger partial charge >= 0.3 is 150 Å². The molecular weight excluding hydrogens is 291 g/mol. The summed E-state index contributed by atoms with van der Waals surface area (Å²) in [5.41, 5.74) is 0. The summed E-state index contributed by atoms with van der Waals surface area (Å²) in [5.74, 6) is 0. The summed E-state index contributed by atoms with van der Waals surface area (Å²) in [6.45, 7) is 24.2. The van der Waals surface area contributed by atoms with Crippen molar-refractivity contribution in [1.82, 2.24) is 0 Å². The average Bonchev–Trinajstić information content (AvgIpc) is 2.48. The molecule has 0 saturated carbocycles. The van der Waals surface area contributed by atoms with E-state index < -0.39 is 16.1 Å². The van der Waals surface area contributed by atoms with Gasteiger partial charge < -0.3 is 0 Å². The monoisotopic (exact) mass is 322 g/mol. The first-order valence-electron chi connectivity index (χ1n) is 8.18.